The van der Waals surface area contributed by atoms with Gasteiger partial charge in [0.1, 0.15) is 24.2 Å². The van der Waals surface area contributed by atoms with Crippen LogP contribution in [0.25, 0.3) is 11.1 Å². The third-order valence-electron chi connectivity index (χ3n) is 8.89. The minimum Gasteiger partial charge on any atom is -0.370 e. The van der Waals surface area contributed by atoms with E-state index in [-0.39, 0.29) is 68.6 Å². The molecule has 16 heteroatoms. The molecule has 5 amide bonds. The second-order valence-electron chi connectivity index (χ2n) is 14.2. The van der Waals surface area contributed by atoms with Gasteiger partial charge in [0.05, 0.1) is 6.42 Å². The van der Waals surface area contributed by atoms with E-state index in [4.69, 9.17) is 22.9 Å². The summed E-state index contributed by atoms with van der Waals surface area (Å²) in [7, 11) is 0. The molecule has 54 heavy (non-hydrogen) atoms. The van der Waals surface area contributed by atoms with Crippen molar-refractivity contribution in [3.8, 4) is 11.1 Å². The molecule has 16 nitrogen and oxygen atoms in total. The Bertz CT molecular complexity index is 1670. The fraction of sp³-hybridized carbons (Fsp3) is 0.500. The van der Waals surface area contributed by atoms with Gasteiger partial charge < -0.3 is 49.5 Å². The molecule has 0 unspecified atom stereocenters. The number of nitrogens with two attached hydrogens (primary N) is 4. The van der Waals surface area contributed by atoms with Crippen LogP contribution in [0.5, 0.6) is 0 Å². The maximum Gasteiger partial charge on any atom is 0.243 e. The van der Waals surface area contributed by atoms with Crippen LogP contribution in [-0.2, 0) is 36.9 Å². The summed E-state index contributed by atoms with van der Waals surface area (Å²) in [4.78, 5) is 77.1. The third kappa shape index (κ3) is 13.7. The van der Waals surface area contributed by atoms with Crippen molar-refractivity contribution in [1.82, 2.24) is 26.6 Å². The Balaban J connectivity index is 2.09. The molecule has 3 rings (SSSR count). The maximum atomic E-state index is 14.0. The zero-order chi connectivity index (χ0) is 39.8. The molecule has 1 aliphatic rings. The smallest absolute Gasteiger partial charge is 0.243 e. The van der Waals surface area contributed by atoms with Gasteiger partial charge in [-0.1, -0.05) is 76.2 Å². The summed E-state index contributed by atoms with van der Waals surface area (Å²) in [6, 6.07) is 10.9. The lowest BCUT2D eigenvalue weighted by Gasteiger charge is -2.28. The summed E-state index contributed by atoms with van der Waals surface area (Å²) in [5.41, 5.74) is 25.1. The monoisotopic (exact) mass is 747 g/mol. The van der Waals surface area contributed by atoms with Gasteiger partial charge in [0.15, 0.2) is 11.9 Å². The standard InChI is InChI=1S/C38H57N11O5/c1-22(2)19-30-35(53)48-28(15-9-17-43-37(39)40)33(51)47-29(16-10-18-44-38(41)42)34(52)49-32(23(3)4)36(54)45-21-25-12-6-8-14-27(25)26-13-7-5-11-24(26)20-31(50)46-30/h5-8,11-14,22-23,28-30,32H,9-10,15-21H2,1-4H3,(H,45,54)(H,46,50)(H,47,51)(H,48,53)(H,49,52)(H4,39,40,43)(H4,41,42,44)/t28-,29-,30-,32-/m0/s1. The Kier molecular flexibility index (Phi) is 16.7. The minimum atomic E-state index is -1.13. The molecule has 2 aromatic carbocycles. The first-order valence-electron chi connectivity index (χ1n) is 18.4. The van der Waals surface area contributed by atoms with E-state index in [1.807, 2.05) is 62.4 Å². The average molecular weight is 748 g/mol. The lowest BCUT2D eigenvalue weighted by molar-refractivity contribution is -0.135. The van der Waals surface area contributed by atoms with Crippen molar-refractivity contribution >= 4 is 41.5 Å². The highest BCUT2D eigenvalue weighted by Crippen LogP contribution is 2.28. The summed E-state index contributed by atoms with van der Waals surface area (Å²) in [5.74, 6) is -3.13. The number of carbonyl (C=O) groups excluding carboxylic acids is 5. The van der Waals surface area contributed by atoms with Crippen molar-refractivity contribution in [2.75, 3.05) is 13.1 Å². The fourth-order valence-electron chi connectivity index (χ4n) is 6.17. The number of nitrogens with zero attached hydrogens (tertiary/aromatic N) is 2. The number of benzene rings is 2. The van der Waals surface area contributed by atoms with Crippen LogP contribution in [0.3, 0.4) is 0 Å². The van der Waals surface area contributed by atoms with E-state index in [0.717, 1.165) is 22.3 Å². The minimum absolute atomic E-state index is 0.0160. The second-order valence-corrected chi connectivity index (χ2v) is 14.2. The van der Waals surface area contributed by atoms with E-state index < -0.39 is 47.8 Å². The first-order chi connectivity index (χ1) is 25.7. The van der Waals surface area contributed by atoms with Crippen molar-refractivity contribution in [2.45, 2.75) is 96.9 Å². The molecule has 0 radical (unpaired) electrons. The highest BCUT2D eigenvalue weighted by Gasteiger charge is 2.32. The number of hydrogen-bond donors (Lipinski definition) is 9. The number of rotatable bonds is 11. The van der Waals surface area contributed by atoms with Crippen LogP contribution < -0.4 is 49.5 Å². The van der Waals surface area contributed by atoms with Gasteiger partial charge >= 0.3 is 0 Å². The molecule has 0 aliphatic carbocycles. The van der Waals surface area contributed by atoms with Gasteiger partial charge in [-0.15, -0.1) is 0 Å². The first kappa shape index (κ1) is 42.7. The number of nitrogens with one attached hydrogen (secondary N) is 5. The molecule has 1 aliphatic heterocycles. The Morgan fingerprint density at radius 3 is 1.65 bits per heavy atom. The zero-order valence-corrected chi connectivity index (χ0v) is 31.7. The fourth-order valence-corrected chi connectivity index (χ4v) is 6.17. The highest BCUT2D eigenvalue weighted by atomic mass is 16.2. The van der Waals surface area contributed by atoms with Gasteiger partial charge in [0.25, 0.3) is 0 Å². The first-order valence-corrected chi connectivity index (χ1v) is 18.4. The molecular formula is C38H57N11O5. The second kappa shape index (κ2) is 21.1. The van der Waals surface area contributed by atoms with Crippen LogP contribution in [0, 0.1) is 11.8 Å². The molecule has 2 aromatic rings. The van der Waals surface area contributed by atoms with Crippen molar-refractivity contribution in [3.05, 3.63) is 59.7 Å². The summed E-state index contributed by atoms with van der Waals surface area (Å²) in [5, 5.41) is 14.3. The van der Waals surface area contributed by atoms with E-state index >= 15 is 0 Å². The van der Waals surface area contributed by atoms with Gasteiger partial charge in [-0.2, -0.15) is 0 Å². The summed E-state index contributed by atoms with van der Waals surface area (Å²) >= 11 is 0. The van der Waals surface area contributed by atoms with Gasteiger partial charge in [-0.25, -0.2) is 0 Å². The summed E-state index contributed by atoms with van der Waals surface area (Å²) in [6.07, 6.45) is 1.14. The lowest BCUT2D eigenvalue weighted by atomic mass is 9.93. The molecule has 294 valence electrons. The molecule has 0 saturated carbocycles. The predicted molar refractivity (Wildman–Crippen MR) is 209 cm³/mol. The molecule has 0 spiro atoms. The summed E-state index contributed by atoms with van der Waals surface area (Å²) < 4.78 is 0. The molecular weight excluding hydrogens is 690 g/mol. The Morgan fingerprint density at radius 1 is 0.648 bits per heavy atom. The van der Waals surface area contributed by atoms with Crippen LogP contribution in [0.4, 0.5) is 0 Å². The Labute approximate surface area is 317 Å². The molecule has 0 saturated heterocycles. The molecule has 1 heterocycles. The predicted octanol–water partition coefficient (Wildman–Crippen LogP) is 0.274. The van der Waals surface area contributed by atoms with Crippen molar-refractivity contribution < 1.29 is 24.0 Å². The summed E-state index contributed by atoms with van der Waals surface area (Å²) in [6.45, 7) is 7.98. The molecule has 4 atom stereocenters. The van der Waals surface area contributed by atoms with Gasteiger partial charge in [0, 0.05) is 19.6 Å². The van der Waals surface area contributed by atoms with Crippen LogP contribution >= 0.6 is 0 Å². The third-order valence-corrected chi connectivity index (χ3v) is 8.89. The molecule has 0 aromatic heterocycles. The zero-order valence-electron chi connectivity index (χ0n) is 31.7. The van der Waals surface area contributed by atoms with E-state index in [1.54, 1.807) is 13.8 Å². The van der Waals surface area contributed by atoms with Crippen LogP contribution in [0.2, 0.25) is 0 Å². The molecule has 0 fully saturated rings. The Morgan fingerprint density at radius 2 is 1.13 bits per heavy atom. The molecule has 13 N–H and O–H groups in total. The van der Waals surface area contributed by atoms with E-state index in [9.17, 15) is 24.0 Å². The van der Waals surface area contributed by atoms with Crippen molar-refractivity contribution in [3.63, 3.8) is 0 Å². The number of carbonyl (C=O) groups is 5. The van der Waals surface area contributed by atoms with E-state index in [0.29, 0.717) is 19.3 Å². The number of hydrogen-bond acceptors (Lipinski definition) is 7. The van der Waals surface area contributed by atoms with E-state index in [2.05, 4.69) is 36.6 Å². The van der Waals surface area contributed by atoms with Crippen LogP contribution in [0.15, 0.2) is 58.5 Å². The van der Waals surface area contributed by atoms with Crippen molar-refractivity contribution in [1.29, 1.82) is 0 Å². The van der Waals surface area contributed by atoms with Crippen molar-refractivity contribution in [2.24, 2.45) is 44.8 Å². The highest BCUT2D eigenvalue weighted by molar-refractivity contribution is 5.96. The maximum absolute atomic E-state index is 14.0. The number of guanidine groups is 2. The largest absolute Gasteiger partial charge is 0.370 e. The normalized spacial score (nSPS) is 20.3. The number of fused-ring (bicyclic) bond motifs is 3. The lowest BCUT2D eigenvalue weighted by Crippen LogP contribution is -2.59. The average Bonchev–Trinajstić information content (AvgIpc) is 3.11. The number of amides is 5. The quantitative estimate of drug-likeness (QED) is 0.0866. The van der Waals surface area contributed by atoms with E-state index in [1.165, 1.54) is 0 Å². The van der Waals surface area contributed by atoms with Gasteiger partial charge in [-0.3, -0.25) is 34.0 Å². The SMILES string of the molecule is CC(C)C[C@@H]1NC(=O)Cc2ccccc2-c2ccccc2CNC(=O)[C@H](C(C)C)NC(=O)[C@H](CCCN=C(N)N)NC(=O)[C@H](CCCN=C(N)N)NC1=O. The van der Waals surface area contributed by atoms with Crippen LogP contribution in [0.1, 0.15) is 70.9 Å². The Hall–Kier alpha value is -5.67. The van der Waals surface area contributed by atoms with Gasteiger partial charge in [0.2, 0.25) is 29.5 Å². The van der Waals surface area contributed by atoms with Crippen LogP contribution in [-0.4, -0.2) is 78.7 Å². The molecule has 0 bridgehead atoms. The van der Waals surface area contributed by atoms with Gasteiger partial charge in [-0.05, 0) is 66.2 Å². The number of aliphatic imine (C=N–C) groups is 2. The topological polar surface area (TPSA) is 274 Å².